The molecule has 0 amide bonds. The van der Waals surface area contributed by atoms with Crippen LogP contribution in [0.15, 0.2) is 55.0 Å². The van der Waals surface area contributed by atoms with E-state index in [2.05, 4.69) is 15.0 Å². The topological polar surface area (TPSA) is 77.7 Å². The van der Waals surface area contributed by atoms with Gasteiger partial charge < -0.3 is 0 Å². The summed E-state index contributed by atoms with van der Waals surface area (Å²) in [6.45, 7) is 0. The summed E-state index contributed by atoms with van der Waals surface area (Å²) in [4.78, 5) is 12.6. The molecule has 3 aromatic rings. The normalized spacial score (nSPS) is 10.9. The van der Waals surface area contributed by atoms with Crippen molar-refractivity contribution in [2.45, 2.75) is 5.75 Å². The zero-order valence-corrected chi connectivity index (χ0v) is 11.9. The molecule has 0 unspecified atom stereocenters. The maximum absolute atomic E-state index is 10.8. The second-order valence-electron chi connectivity index (χ2n) is 4.31. The Morgan fingerprint density at radius 2 is 1.81 bits per heavy atom. The molecule has 6 nitrogen and oxygen atoms in total. The highest BCUT2D eigenvalue weighted by molar-refractivity contribution is 7.71. The Balaban J connectivity index is 2.04. The van der Waals surface area contributed by atoms with E-state index in [1.54, 1.807) is 29.2 Å². The molecule has 0 saturated carbocycles. The zero-order valence-electron chi connectivity index (χ0n) is 11.0. The standard InChI is InChI=1S/C14H12N4O2S/c19-21(20)10-12-15-7-6-13(17-12)18-9-8-16-14(18)11-4-2-1-3-5-11/h1-9,21H,10H2. The summed E-state index contributed by atoms with van der Waals surface area (Å²) in [7, 11) is -2.55. The van der Waals surface area contributed by atoms with E-state index in [4.69, 9.17) is 0 Å². The molecular weight excluding hydrogens is 288 g/mol. The van der Waals surface area contributed by atoms with Crippen molar-refractivity contribution in [3.05, 3.63) is 60.8 Å². The van der Waals surface area contributed by atoms with Crippen LogP contribution in [0.1, 0.15) is 5.82 Å². The maximum Gasteiger partial charge on any atom is 0.147 e. The number of benzene rings is 1. The number of hydrogen-bond acceptors (Lipinski definition) is 5. The molecule has 2 aromatic heterocycles. The van der Waals surface area contributed by atoms with E-state index in [9.17, 15) is 8.42 Å². The van der Waals surface area contributed by atoms with Crippen LogP contribution in [-0.2, 0) is 16.5 Å². The Morgan fingerprint density at radius 3 is 2.57 bits per heavy atom. The first-order valence-corrected chi connectivity index (χ1v) is 7.63. The third-order valence-corrected chi connectivity index (χ3v) is 3.42. The molecule has 7 heteroatoms. The summed E-state index contributed by atoms with van der Waals surface area (Å²) in [5.41, 5.74) is 0.956. The molecule has 0 spiro atoms. The van der Waals surface area contributed by atoms with Gasteiger partial charge in [0.15, 0.2) is 0 Å². The number of rotatable bonds is 4. The van der Waals surface area contributed by atoms with Crippen LogP contribution in [0.4, 0.5) is 0 Å². The first-order chi connectivity index (χ1) is 10.2. The molecule has 3 rings (SSSR count). The molecule has 0 aliphatic heterocycles. The van der Waals surface area contributed by atoms with Gasteiger partial charge in [-0.25, -0.2) is 23.4 Å². The first-order valence-electron chi connectivity index (χ1n) is 6.27. The molecule has 0 aliphatic rings. The lowest BCUT2D eigenvalue weighted by Crippen LogP contribution is -2.03. The summed E-state index contributed by atoms with van der Waals surface area (Å²) < 4.78 is 23.4. The number of thiol groups is 1. The van der Waals surface area contributed by atoms with Gasteiger partial charge in [0.1, 0.15) is 33.9 Å². The summed E-state index contributed by atoms with van der Waals surface area (Å²) >= 11 is 0. The average Bonchev–Trinajstić information content (AvgIpc) is 2.97. The Hall–Kier alpha value is -2.54. The van der Waals surface area contributed by atoms with Crippen LogP contribution in [-0.4, -0.2) is 27.9 Å². The minimum atomic E-state index is -2.55. The van der Waals surface area contributed by atoms with Crippen LogP contribution in [0.3, 0.4) is 0 Å². The smallest absolute Gasteiger partial charge is 0.147 e. The number of aromatic nitrogens is 4. The van der Waals surface area contributed by atoms with Gasteiger partial charge in [-0.05, 0) is 6.07 Å². The minimum absolute atomic E-state index is 0.168. The molecule has 0 N–H and O–H groups in total. The lowest BCUT2D eigenvalue weighted by atomic mass is 10.2. The van der Waals surface area contributed by atoms with Gasteiger partial charge in [-0.2, -0.15) is 0 Å². The van der Waals surface area contributed by atoms with Crippen molar-refractivity contribution in [1.82, 2.24) is 19.5 Å². The van der Waals surface area contributed by atoms with Crippen molar-refractivity contribution in [3.63, 3.8) is 0 Å². The predicted molar refractivity (Wildman–Crippen MR) is 78.6 cm³/mol. The fourth-order valence-corrected chi connectivity index (χ4v) is 2.39. The van der Waals surface area contributed by atoms with Gasteiger partial charge in [-0.3, -0.25) is 4.57 Å². The van der Waals surface area contributed by atoms with Crippen LogP contribution in [0, 0.1) is 0 Å². The van der Waals surface area contributed by atoms with Gasteiger partial charge in [0.05, 0.1) is 0 Å². The number of nitrogens with zero attached hydrogens (tertiary/aromatic N) is 4. The lowest BCUT2D eigenvalue weighted by molar-refractivity contribution is 0.612. The second-order valence-corrected chi connectivity index (χ2v) is 5.29. The largest absolute Gasteiger partial charge is 0.284 e. The molecule has 0 bridgehead atoms. The van der Waals surface area contributed by atoms with E-state index < -0.39 is 10.7 Å². The zero-order chi connectivity index (χ0) is 14.7. The molecular formula is C14H12N4O2S. The quantitative estimate of drug-likeness (QED) is 0.738. The Bertz CT molecular complexity index is 820. The Labute approximate surface area is 123 Å². The van der Waals surface area contributed by atoms with E-state index >= 15 is 0 Å². The van der Waals surface area contributed by atoms with Crippen molar-refractivity contribution in [3.8, 4) is 17.2 Å². The Morgan fingerprint density at radius 1 is 1.00 bits per heavy atom. The van der Waals surface area contributed by atoms with Crippen molar-refractivity contribution in [1.29, 1.82) is 0 Å². The van der Waals surface area contributed by atoms with Crippen molar-refractivity contribution in [2.75, 3.05) is 0 Å². The summed E-state index contributed by atoms with van der Waals surface area (Å²) in [6, 6.07) is 11.4. The van der Waals surface area contributed by atoms with Gasteiger partial charge in [0.2, 0.25) is 0 Å². The fraction of sp³-hybridized carbons (Fsp3) is 0.0714. The van der Waals surface area contributed by atoms with Crippen molar-refractivity contribution >= 4 is 10.7 Å². The molecule has 0 radical (unpaired) electrons. The average molecular weight is 300 g/mol. The maximum atomic E-state index is 10.8. The van der Waals surface area contributed by atoms with E-state index in [0.29, 0.717) is 5.82 Å². The highest BCUT2D eigenvalue weighted by atomic mass is 32.2. The van der Waals surface area contributed by atoms with Crippen molar-refractivity contribution < 1.29 is 8.42 Å². The Kier molecular flexibility index (Phi) is 3.74. The fourth-order valence-electron chi connectivity index (χ4n) is 2.00. The van der Waals surface area contributed by atoms with Crippen LogP contribution in [0.2, 0.25) is 0 Å². The van der Waals surface area contributed by atoms with E-state index in [0.717, 1.165) is 11.4 Å². The molecule has 2 heterocycles. The molecule has 0 atom stereocenters. The highest BCUT2D eigenvalue weighted by Crippen LogP contribution is 2.19. The number of hydrogen-bond donors (Lipinski definition) is 1. The lowest BCUT2D eigenvalue weighted by Gasteiger charge is -2.07. The molecule has 0 saturated heterocycles. The molecule has 1 aromatic carbocycles. The SMILES string of the molecule is O=[SH](=O)Cc1nccc(-n2ccnc2-c2ccccc2)n1. The minimum Gasteiger partial charge on any atom is -0.284 e. The van der Waals surface area contributed by atoms with Crippen LogP contribution in [0.25, 0.3) is 17.2 Å². The molecule has 106 valence electrons. The summed E-state index contributed by atoms with van der Waals surface area (Å²) in [6.07, 6.45) is 5.01. The molecule has 0 fully saturated rings. The van der Waals surface area contributed by atoms with Crippen LogP contribution >= 0.6 is 0 Å². The summed E-state index contributed by atoms with van der Waals surface area (Å²) in [5, 5.41) is 0. The highest BCUT2D eigenvalue weighted by Gasteiger charge is 2.09. The first kappa shape index (κ1) is 13.4. The monoisotopic (exact) mass is 300 g/mol. The predicted octanol–water partition coefficient (Wildman–Crippen LogP) is 1.44. The van der Waals surface area contributed by atoms with E-state index in [1.807, 2.05) is 30.3 Å². The van der Waals surface area contributed by atoms with Gasteiger partial charge in [-0.1, -0.05) is 30.3 Å². The van der Waals surface area contributed by atoms with Gasteiger partial charge in [0, 0.05) is 24.2 Å². The van der Waals surface area contributed by atoms with Gasteiger partial charge >= 0.3 is 0 Å². The third kappa shape index (κ3) is 2.97. The van der Waals surface area contributed by atoms with Crippen LogP contribution in [0.5, 0.6) is 0 Å². The van der Waals surface area contributed by atoms with Crippen LogP contribution < -0.4 is 0 Å². The van der Waals surface area contributed by atoms with Gasteiger partial charge in [-0.15, -0.1) is 0 Å². The van der Waals surface area contributed by atoms with E-state index in [1.165, 1.54) is 0 Å². The van der Waals surface area contributed by atoms with Gasteiger partial charge in [0.25, 0.3) is 0 Å². The number of imidazole rings is 1. The van der Waals surface area contributed by atoms with E-state index in [-0.39, 0.29) is 11.6 Å². The summed E-state index contributed by atoms with van der Waals surface area (Å²) in [5.74, 6) is 1.44. The molecule has 21 heavy (non-hydrogen) atoms. The third-order valence-electron chi connectivity index (χ3n) is 2.88. The molecule has 0 aliphatic carbocycles. The van der Waals surface area contributed by atoms with Crippen molar-refractivity contribution in [2.24, 2.45) is 0 Å². The second kappa shape index (κ2) is 5.84.